The SMILES string of the molecule is C=CCNC(C(=O)O)c1cccc([N+](=O)[O-])c1. The summed E-state index contributed by atoms with van der Waals surface area (Å²) in [6.45, 7) is 3.77. The van der Waals surface area contributed by atoms with Gasteiger partial charge in [0, 0.05) is 18.7 Å². The van der Waals surface area contributed by atoms with E-state index in [9.17, 15) is 14.9 Å². The monoisotopic (exact) mass is 236 g/mol. The Morgan fingerprint density at radius 3 is 2.88 bits per heavy atom. The number of hydrogen-bond acceptors (Lipinski definition) is 4. The minimum atomic E-state index is -1.09. The standard InChI is InChI=1S/C11H12N2O4/c1-2-6-12-10(11(14)15)8-4-3-5-9(7-8)13(16)17/h2-5,7,10,12H,1,6H2,(H,14,15). The van der Waals surface area contributed by atoms with Crippen molar-refractivity contribution >= 4 is 11.7 Å². The molecule has 0 spiro atoms. The Balaban J connectivity index is 3.01. The van der Waals surface area contributed by atoms with E-state index in [0.717, 1.165) is 0 Å². The number of nitrogens with zero attached hydrogens (tertiary/aromatic N) is 1. The molecule has 0 saturated heterocycles. The molecule has 0 aliphatic rings. The van der Waals surface area contributed by atoms with Crippen molar-refractivity contribution in [3.05, 3.63) is 52.6 Å². The van der Waals surface area contributed by atoms with Crippen LogP contribution in [0.3, 0.4) is 0 Å². The number of benzene rings is 1. The van der Waals surface area contributed by atoms with E-state index in [-0.39, 0.29) is 5.69 Å². The summed E-state index contributed by atoms with van der Waals surface area (Å²) in [6.07, 6.45) is 1.52. The van der Waals surface area contributed by atoms with E-state index in [1.807, 2.05) is 0 Å². The summed E-state index contributed by atoms with van der Waals surface area (Å²) >= 11 is 0. The van der Waals surface area contributed by atoms with E-state index >= 15 is 0 Å². The van der Waals surface area contributed by atoms with Crippen LogP contribution in [0.4, 0.5) is 5.69 Å². The Morgan fingerprint density at radius 2 is 2.35 bits per heavy atom. The summed E-state index contributed by atoms with van der Waals surface area (Å²) in [7, 11) is 0. The van der Waals surface area contributed by atoms with Crippen molar-refractivity contribution in [2.24, 2.45) is 0 Å². The molecule has 2 N–H and O–H groups in total. The molecule has 1 aromatic rings. The normalized spacial score (nSPS) is 11.8. The predicted molar refractivity (Wildman–Crippen MR) is 61.7 cm³/mol. The number of aliphatic carboxylic acids is 1. The third-order valence-corrected chi connectivity index (χ3v) is 2.13. The number of carboxylic acid groups (broad SMARTS) is 1. The molecule has 6 nitrogen and oxygen atoms in total. The van der Waals surface area contributed by atoms with Gasteiger partial charge in [0.25, 0.3) is 5.69 Å². The van der Waals surface area contributed by atoms with Gasteiger partial charge in [-0.25, -0.2) is 0 Å². The zero-order valence-electron chi connectivity index (χ0n) is 9.00. The number of nitrogens with one attached hydrogen (secondary N) is 1. The maximum atomic E-state index is 11.0. The average Bonchev–Trinajstić information content (AvgIpc) is 2.29. The van der Waals surface area contributed by atoms with Crippen molar-refractivity contribution in [1.29, 1.82) is 0 Å². The lowest BCUT2D eigenvalue weighted by atomic mass is 10.1. The third kappa shape index (κ3) is 3.39. The quantitative estimate of drug-likeness (QED) is 0.443. The third-order valence-electron chi connectivity index (χ3n) is 2.13. The van der Waals surface area contributed by atoms with Crippen molar-refractivity contribution in [3.8, 4) is 0 Å². The number of carbonyl (C=O) groups is 1. The maximum absolute atomic E-state index is 11.0. The first-order valence-electron chi connectivity index (χ1n) is 4.87. The molecular formula is C11H12N2O4. The molecule has 90 valence electrons. The van der Waals surface area contributed by atoms with Crippen molar-refractivity contribution in [3.63, 3.8) is 0 Å². The van der Waals surface area contributed by atoms with Crippen LogP contribution in [-0.2, 0) is 4.79 Å². The summed E-state index contributed by atoms with van der Waals surface area (Å²) in [5, 5.41) is 22.3. The number of nitro groups is 1. The predicted octanol–water partition coefficient (Wildman–Crippen LogP) is 1.50. The average molecular weight is 236 g/mol. The molecule has 0 bridgehead atoms. The molecule has 1 rings (SSSR count). The van der Waals surface area contributed by atoms with Gasteiger partial charge in [0.15, 0.2) is 0 Å². The highest BCUT2D eigenvalue weighted by molar-refractivity contribution is 5.75. The first-order valence-corrected chi connectivity index (χ1v) is 4.87. The van der Waals surface area contributed by atoms with Gasteiger partial charge in [0.1, 0.15) is 6.04 Å². The minimum Gasteiger partial charge on any atom is -0.480 e. The zero-order valence-corrected chi connectivity index (χ0v) is 9.00. The molecule has 17 heavy (non-hydrogen) atoms. The smallest absolute Gasteiger partial charge is 0.325 e. The molecule has 1 unspecified atom stereocenters. The van der Waals surface area contributed by atoms with Crippen LogP contribution >= 0.6 is 0 Å². The van der Waals surface area contributed by atoms with E-state index in [2.05, 4.69) is 11.9 Å². The van der Waals surface area contributed by atoms with Gasteiger partial charge in [-0.3, -0.25) is 20.2 Å². The van der Waals surface area contributed by atoms with Gasteiger partial charge in [-0.05, 0) is 5.56 Å². The molecule has 1 atom stereocenters. The fraction of sp³-hybridized carbons (Fsp3) is 0.182. The molecule has 0 heterocycles. The van der Waals surface area contributed by atoms with E-state index in [0.29, 0.717) is 12.1 Å². The molecule has 6 heteroatoms. The first-order chi connectivity index (χ1) is 8.06. The van der Waals surface area contributed by atoms with Crippen LogP contribution in [0.15, 0.2) is 36.9 Å². The van der Waals surface area contributed by atoms with Crippen molar-refractivity contribution in [2.75, 3.05) is 6.54 Å². The van der Waals surface area contributed by atoms with Gasteiger partial charge >= 0.3 is 5.97 Å². The topological polar surface area (TPSA) is 92.5 Å². The molecule has 0 aromatic heterocycles. The Kier molecular flexibility index (Phi) is 4.36. The van der Waals surface area contributed by atoms with Crippen molar-refractivity contribution < 1.29 is 14.8 Å². The van der Waals surface area contributed by atoms with Crippen LogP contribution in [0.25, 0.3) is 0 Å². The summed E-state index contributed by atoms with van der Waals surface area (Å²) in [4.78, 5) is 21.0. The highest BCUT2D eigenvalue weighted by atomic mass is 16.6. The van der Waals surface area contributed by atoms with Crippen LogP contribution in [0.5, 0.6) is 0 Å². The Labute approximate surface area is 97.7 Å². The fourth-order valence-electron chi connectivity index (χ4n) is 1.37. The van der Waals surface area contributed by atoms with Gasteiger partial charge < -0.3 is 5.11 Å². The molecule has 0 saturated carbocycles. The second-order valence-corrected chi connectivity index (χ2v) is 3.32. The number of rotatable bonds is 6. The number of carboxylic acids is 1. The Bertz CT molecular complexity index is 445. The number of non-ortho nitro benzene ring substituents is 1. The van der Waals surface area contributed by atoms with Gasteiger partial charge in [-0.2, -0.15) is 0 Å². The molecular weight excluding hydrogens is 224 g/mol. The number of hydrogen-bond donors (Lipinski definition) is 2. The van der Waals surface area contributed by atoms with E-state index in [1.165, 1.54) is 30.3 Å². The van der Waals surface area contributed by atoms with Crippen LogP contribution in [-0.4, -0.2) is 22.5 Å². The molecule has 0 aliphatic heterocycles. The van der Waals surface area contributed by atoms with Crippen LogP contribution in [0.2, 0.25) is 0 Å². The van der Waals surface area contributed by atoms with Gasteiger partial charge in [-0.1, -0.05) is 18.2 Å². The van der Waals surface area contributed by atoms with E-state index < -0.39 is 16.9 Å². The Hall–Kier alpha value is -2.21. The first kappa shape index (κ1) is 12.9. The molecule has 0 aliphatic carbocycles. The minimum absolute atomic E-state index is 0.130. The lowest BCUT2D eigenvalue weighted by molar-refractivity contribution is -0.384. The van der Waals surface area contributed by atoms with Crippen LogP contribution < -0.4 is 5.32 Å². The van der Waals surface area contributed by atoms with Crippen LogP contribution in [0, 0.1) is 10.1 Å². The highest BCUT2D eigenvalue weighted by Gasteiger charge is 2.20. The van der Waals surface area contributed by atoms with Gasteiger partial charge in [-0.15, -0.1) is 6.58 Å². The zero-order chi connectivity index (χ0) is 12.8. The van der Waals surface area contributed by atoms with Gasteiger partial charge in [0.05, 0.1) is 4.92 Å². The largest absolute Gasteiger partial charge is 0.480 e. The molecule has 0 radical (unpaired) electrons. The highest BCUT2D eigenvalue weighted by Crippen LogP contribution is 2.19. The molecule has 1 aromatic carbocycles. The summed E-state index contributed by atoms with van der Waals surface area (Å²) in [5.41, 5.74) is 0.211. The lowest BCUT2D eigenvalue weighted by Crippen LogP contribution is -2.28. The lowest BCUT2D eigenvalue weighted by Gasteiger charge is -2.13. The molecule has 0 fully saturated rings. The Morgan fingerprint density at radius 1 is 1.65 bits per heavy atom. The number of nitro benzene ring substituents is 1. The molecule has 0 amide bonds. The van der Waals surface area contributed by atoms with E-state index in [4.69, 9.17) is 5.11 Å². The summed E-state index contributed by atoms with van der Waals surface area (Å²) in [5.74, 6) is -1.09. The second kappa shape index (κ2) is 5.76. The summed E-state index contributed by atoms with van der Waals surface area (Å²) in [6, 6.07) is 4.57. The summed E-state index contributed by atoms with van der Waals surface area (Å²) < 4.78 is 0. The second-order valence-electron chi connectivity index (χ2n) is 3.32. The van der Waals surface area contributed by atoms with Crippen molar-refractivity contribution in [1.82, 2.24) is 5.32 Å². The maximum Gasteiger partial charge on any atom is 0.325 e. The van der Waals surface area contributed by atoms with Crippen LogP contribution in [0.1, 0.15) is 11.6 Å². The van der Waals surface area contributed by atoms with E-state index in [1.54, 1.807) is 0 Å². The fourth-order valence-corrected chi connectivity index (χ4v) is 1.37. The van der Waals surface area contributed by atoms with Crippen molar-refractivity contribution in [2.45, 2.75) is 6.04 Å². The van der Waals surface area contributed by atoms with Gasteiger partial charge in [0.2, 0.25) is 0 Å².